The summed E-state index contributed by atoms with van der Waals surface area (Å²) in [5.41, 5.74) is -1.07. The highest BCUT2D eigenvalue weighted by molar-refractivity contribution is 5.68. The van der Waals surface area contributed by atoms with Gasteiger partial charge in [0.2, 0.25) is 0 Å². The van der Waals surface area contributed by atoms with E-state index < -0.39 is 33.7 Å². The summed E-state index contributed by atoms with van der Waals surface area (Å²) in [6.45, 7) is 0.0386. The van der Waals surface area contributed by atoms with Crippen molar-refractivity contribution in [1.29, 1.82) is 0 Å². The van der Waals surface area contributed by atoms with Crippen LogP contribution < -0.4 is 10.3 Å². The fourth-order valence-electron chi connectivity index (χ4n) is 3.04. The molecule has 8 nitrogen and oxygen atoms in total. The number of non-ortho nitro benzene ring substituents is 1. The third-order valence-electron chi connectivity index (χ3n) is 4.68. The molecule has 0 atom stereocenters. The van der Waals surface area contributed by atoms with Crippen LogP contribution in [0.1, 0.15) is 18.4 Å². The van der Waals surface area contributed by atoms with Crippen molar-refractivity contribution in [3.63, 3.8) is 0 Å². The minimum Gasteiger partial charge on any atom is -0.505 e. The molecule has 0 fully saturated rings. The zero-order chi connectivity index (χ0) is 23.4. The van der Waals surface area contributed by atoms with Gasteiger partial charge in [-0.05, 0) is 37.0 Å². The number of ether oxygens (including phenoxy) is 1. The Morgan fingerprint density at radius 3 is 2.59 bits per heavy atom. The molecule has 0 saturated carbocycles. The zero-order valence-electron chi connectivity index (χ0n) is 16.8. The predicted molar refractivity (Wildman–Crippen MR) is 108 cm³/mol. The van der Waals surface area contributed by atoms with E-state index in [4.69, 9.17) is 4.74 Å². The average molecular weight is 449 g/mol. The summed E-state index contributed by atoms with van der Waals surface area (Å²) >= 11 is 0. The van der Waals surface area contributed by atoms with Crippen LogP contribution in [0.2, 0.25) is 0 Å². The molecule has 3 rings (SSSR count). The molecule has 32 heavy (non-hydrogen) atoms. The smallest absolute Gasteiger partial charge is 0.270 e. The number of benzene rings is 2. The maximum absolute atomic E-state index is 14.4. The van der Waals surface area contributed by atoms with Crippen LogP contribution in [0.25, 0.3) is 11.3 Å². The van der Waals surface area contributed by atoms with E-state index in [9.17, 15) is 33.2 Å². The molecular weight excluding hydrogens is 431 g/mol. The monoisotopic (exact) mass is 449 g/mol. The molecule has 0 aliphatic heterocycles. The van der Waals surface area contributed by atoms with Crippen molar-refractivity contribution in [2.24, 2.45) is 7.05 Å². The topological polar surface area (TPSA) is 107 Å². The average Bonchev–Trinajstić information content (AvgIpc) is 2.73. The van der Waals surface area contributed by atoms with Crippen LogP contribution >= 0.6 is 0 Å². The summed E-state index contributed by atoms with van der Waals surface area (Å²) in [4.78, 5) is 22.3. The third-order valence-corrected chi connectivity index (χ3v) is 4.68. The number of aryl methyl sites for hydroxylation is 2. The molecule has 0 aliphatic rings. The first kappa shape index (κ1) is 22.8. The van der Waals surface area contributed by atoms with E-state index >= 15 is 0 Å². The van der Waals surface area contributed by atoms with E-state index in [1.807, 2.05) is 0 Å². The molecule has 0 spiro atoms. The molecule has 2 aromatic carbocycles. The van der Waals surface area contributed by atoms with Crippen molar-refractivity contribution < 1.29 is 27.9 Å². The Balaban J connectivity index is 1.75. The van der Waals surface area contributed by atoms with Crippen LogP contribution in [-0.4, -0.2) is 26.4 Å². The number of nitro groups is 1. The van der Waals surface area contributed by atoms with Gasteiger partial charge in [-0.15, -0.1) is 0 Å². The lowest BCUT2D eigenvalue weighted by molar-refractivity contribution is -0.384. The highest BCUT2D eigenvalue weighted by Crippen LogP contribution is 2.31. The van der Waals surface area contributed by atoms with Crippen LogP contribution in [0.4, 0.5) is 18.9 Å². The highest BCUT2D eigenvalue weighted by Gasteiger charge is 2.19. The summed E-state index contributed by atoms with van der Waals surface area (Å²) in [5, 5.41) is 24.7. The van der Waals surface area contributed by atoms with Crippen molar-refractivity contribution in [3.8, 4) is 22.8 Å². The van der Waals surface area contributed by atoms with Crippen molar-refractivity contribution in [2.45, 2.75) is 19.3 Å². The van der Waals surface area contributed by atoms with Gasteiger partial charge in [-0.25, -0.2) is 17.9 Å². The van der Waals surface area contributed by atoms with Crippen molar-refractivity contribution in [1.82, 2.24) is 9.78 Å². The Kier molecular flexibility index (Phi) is 6.76. The molecule has 0 unspecified atom stereocenters. The Hall–Kier alpha value is -3.89. The Bertz CT molecular complexity index is 1230. The number of phenolic OH excluding ortho intramolecular Hbond substituents is 1. The quantitative estimate of drug-likeness (QED) is 0.318. The first-order valence-corrected chi connectivity index (χ1v) is 9.49. The van der Waals surface area contributed by atoms with Gasteiger partial charge in [-0.3, -0.25) is 14.9 Å². The second-order valence-electron chi connectivity index (χ2n) is 6.94. The van der Waals surface area contributed by atoms with Gasteiger partial charge in [0, 0.05) is 36.9 Å². The SMILES string of the molecule is Cn1nc(-c2cc([N+](=O)[O-])ccc2F)c(OCCCCc2cc(F)cc(F)c2O)cc1=O. The largest absolute Gasteiger partial charge is 0.505 e. The molecule has 0 aliphatic carbocycles. The third kappa shape index (κ3) is 5.05. The minimum atomic E-state index is -1.05. The van der Waals surface area contributed by atoms with E-state index in [-0.39, 0.29) is 41.3 Å². The zero-order valence-corrected chi connectivity index (χ0v) is 16.8. The van der Waals surface area contributed by atoms with Crippen LogP contribution in [-0.2, 0) is 13.5 Å². The van der Waals surface area contributed by atoms with Gasteiger partial charge in [0.25, 0.3) is 11.2 Å². The molecule has 1 aromatic heterocycles. The van der Waals surface area contributed by atoms with Gasteiger partial charge in [0.05, 0.1) is 11.5 Å². The van der Waals surface area contributed by atoms with E-state index in [2.05, 4.69) is 5.10 Å². The van der Waals surface area contributed by atoms with Crippen LogP contribution in [0.5, 0.6) is 11.5 Å². The van der Waals surface area contributed by atoms with E-state index in [1.54, 1.807) is 0 Å². The number of aromatic hydroxyl groups is 1. The van der Waals surface area contributed by atoms with Crippen LogP contribution in [0, 0.1) is 27.6 Å². The Labute approximate surface area is 179 Å². The summed E-state index contributed by atoms with van der Waals surface area (Å²) < 4.78 is 47.6. The normalized spacial score (nSPS) is 10.9. The number of nitro benzene ring substituents is 1. The molecule has 11 heteroatoms. The van der Waals surface area contributed by atoms with Crippen molar-refractivity contribution in [3.05, 3.63) is 79.9 Å². The van der Waals surface area contributed by atoms with Gasteiger partial charge in [-0.2, -0.15) is 5.10 Å². The molecule has 0 amide bonds. The van der Waals surface area contributed by atoms with Gasteiger partial charge < -0.3 is 9.84 Å². The van der Waals surface area contributed by atoms with Gasteiger partial charge in [-0.1, -0.05) is 0 Å². The summed E-state index contributed by atoms with van der Waals surface area (Å²) in [7, 11) is 1.34. The molecule has 0 saturated heterocycles. The first-order chi connectivity index (χ1) is 15.2. The second kappa shape index (κ2) is 9.50. The number of phenols is 1. The van der Waals surface area contributed by atoms with E-state index in [0.29, 0.717) is 18.9 Å². The maximum atomic E-state index is 14.4. The minimum absolute atomic E-state index is 0.0386. The number of hydrogen-bond acceptors (Lipinski definition) is 6. The van der Waals surface area contributed by atoms with Gasteiger partial charge in [0.1, 0.15) is 17.3 Å². The fraction of sp³-hybridized carbons (Fsp3) is 0.238. The number of rotatable bonds is 8. The van der Waals surface area contributed by atoms with Crippen LogP contribution in [0.15, 0.2) is 41.2 Å². The Morgan fingerprint density at radius 1 is 1.12 bits per heavy atom. The second-order valence-corrected chi connectivity index (χ2v) is 6.94. The first-order valence-electron chi connectivity index (χ1n) is 9.49. The lowest BCUT2D eigenvalue weighted by Gasteiger charge is -2.12. The molecular formula is C21H18F3N3O5. The molecule has 168 valence electrons. The van der Waals surface area contributed by atoms with Crippen LogP contribution in [0.3, 0.4) is 0 Å². The standard InChI is InChI=1S/C21H18F3N3O5/c1-26-19(28)11-18(20(25-26)15-10-14(27(30)31)5-6-16(15)23)32-7-3-2-4-12-8-13(22)9-17(24)21(12)29/h5-6,8-11,29H,2-4,7H2,1H3. The molecule has 0 bridgehead atoms. The van der Waals surface area contributed by atoms with Gasteiger partial charge >= 0.3 is 0 Å². The number of halogens is 3. The van der Waals surface area contributed by atoms with E-state index in [1.165, 1.54) is 7.05 Å². The van der Waals surface area contributed by atoms with Gasteiger partial charge in [0.15, 0.2) is 17.3 Å². The number of nitrogens with zero attached hydrogens (tertiary/aromatic N) is 3. The summed E-state index contributed by atoms with van der Waals surface area (Å²) in [6.07, 6.45) is 0.921. The number of aromatic nitrogens is 2. The summed E-state index contributed by atoms with van der Waals surface area (Å²) in [5.74, 6) is -3.32. The maximum Gasteiger partial charge on any atom is 0.270 e. The molecule has 1 N–H and O–H groups in total. The molecule has 3 aromatic rings. The van der Waals surface area contributed by atoms with Crippen molar-refractivity contribution in [2.75, 3.05) is 6.61 Å². The predicted octanol–water partition coefficient (Wildman–Crippen LogP) is 3.88. The lowest BCUT2D eigenvalue weighted by atomic mass is 10.1. The summed E-state index contributed by atoms with van der Waals surface area (Å²) in [6, 6.07) is 5.64. The molecule has 0 radical (unpaired) electrons. The number of unbranched alkanes of at least 4 members (excludes halogenated alkanes) is 1. The number of hydrogen-bond donors (Lipinski definition) is 1. The van der Waals surface area contributed by atoms with Crippen molar-refractivity contribution >= 4 is 5.69 Å². The lowest BCUT2D eigenvalue weighted by Crippen LogP contribution is -2.20. The highest BCUT2D eigenvalue weighted by atomic mass is 19.1. The Morgan fingerprint density at radius 2 is 1.88 bits per heavy atom. The molecule has 1 heterocycles. The fourth-order valence-corrected chi connectivity index (χ4v) is 3.04. The van der Waals surface area contributed by atoms with E-state index in [0.717, 1.165) is 35.0 Å².